The first-order chi connectivity index (χ1) is 9.31. The maximum Gasteiger partial charge on any atom is 0.161 e. The van der Waals surface area contributed by atoms with E-state index in [-0.39, 0.29) is 11.2 Å². The van der Waals surface area contributed by atoms with E-state index in [0.717, 1.165) is 5.69 Å². The van der Waals surface area contributed by atoms with E-state index in [9.17, 15) is 5.11 Å². The number of phenolic OH excluding ortho intramolecular Hbond substituents is 1. The van der Waals surface area contributed by atoms with Crippen LogP contribution in [0.3, 0.4) is 0 Å². The van der Waals surface area contributed by atoms with Crippen LogP contribution in [-0.4, -0.2) is 22.2 Å². The zero-order valence-electron chi connectivity index (χ0n) is 11.9. The molecular formula is C15H17ClN2O2. The SMILES string of the molecule is COc1ccc(-c2nc(Cl)cc(C(C)(C)C)n2)cc1O. The number of benzene rings is 1. The predicted octanol–water partition coefficient (Wildman–Crippen LogP) is 3.81. The smallest absolute Gasteiger partial charge is 0.161 e. The highest BCUT2D eigenvalue weighted by Gasteiger charge is 2.18. The van der Waals surface area contributed by atoms with E-state index < -0.39 is 0 Å². The molecule has 1 aromatic heterocycles. The Hall–Kier alpha value is -1.81. The highest BCUT2D eigenvalue weighted by molar-refractivity contribution is 6.29. The molecule has 0 saturated carbocycles. The van der Waals surface area contributed by atoms with Gasteiger partial charge in [-0.15, -0.1) is 0 Å². The Labute approximate surface area is 123 Å². The number of ether oxygens (including phenoxy) is 1. The summed E-state index contributed by atoms with van der Waals surface area (Å²) < 4.78 is 5.02. The molecule has 0 atom stereocenters. The molecule has 0 saturated heterocycles. The van der Waals surface area contributed by atoms with Crippen molar-refractivity contribution in [2.45, 2.75) is 26.2 Å². The van der Waals surface area contributed by atoms with Gasteiger partial charge >= 0.3 is 0 Å². The van der Waals surface area contributed by atoms with Crippen molar-refractivity contribution in [3.63, 3.8) is 0 Å². The fraction of sp³-hybridized carbons (Fsp3) is 0.333. The van der Waals surface area contributed by atoms with Crippen molar-refractivity contribution < 1.29 is 9.84 Å². The van der Waals surface area contributed by atoms with E-state index in [1.807, 2.05) is 0 Å². The van der Waals surface area contributed by atoms with Crippen LogP contribution in [0.15, 0.2) is 24.3 Å². The third-order valence-corrected chi connectivity index (χ3v) is 3.09. The number of hydrogen-bond acceptors (Lipinski definition) is 4. The highest BCUT2D eigenvalue weighted by atomic mass is 35.5. The summed E-state index contributed by atoms with van der Waals surface area (Å²) in [6, 6.07) is 6.79. The van der Waals surface area contributed by atoms with Crippen molar-refractivity contribution in [2.75, 3.05) is 7.11 Å². The van der Waals surface area contributed by atoms with Gasteiger partial charge in [-0.1, -0.05) is 32.4 Å². The average molecular weight is 293 g/mol. The van der Waals surface area contributed by atoms with Gasteiger partial charge in [-0.05, 0) is 24.3 Å². The number of methoxy groups -OCH3 is 1. The molecule has 4 nitrogen and oxygen atoms in total. The Kier molecular flexibility index (Phi) is 3.86. The van der Waals surface area contributed by atoms with Crippen molar-refractivity contribution in [1.82, 2.24) is 9.97 Å². The third-order valence-electron chi connectivity index (χ3n) is 2.90. The molecule has 2 aromatic rings. The van der Waals surface area contributed by atoms with Crippen LogP contribution in [0, 0.1) is 0 Å². The fourth-order valence-electron chi connectivity index (χ4n) is 1.76. The first-order valence-corrected chi connectivity index (χ1v) is 6.61. The third kappa shape index (κ3) is 3.02. The van der Waals surface area contributed by atoms with Crippen LogP contribution in [0.5, 0.6) is 11.5 Å². The van der Waals surface area contributed by atoms with Gasteiger partial charge in [0.15, 0.2) is 17.3 Å². The van der Waals surface area contributed by atoms with Crippen LogP contribution < -0.4 is 4.74 Å². The minimum Gasteiger partial charge on any atom is -0.504 e. The number of hydrogen-bond donors (Lipinski definition) is 1. The Balaban J connectivity index is 2.53. The van der Waals surface area contributed by atoms with Gasteiger partial charge < -0.3 is 9.84 Å². The lowest BCUT2D eigenvalue weighted by Gasteiger charge is -2.18. The molecular weight excluding hydrogens is 276 g/mol. The van der Waals surface area contributed by atoms with Gasteiger partial charge in [0.1, 0.15) is 5.15 Å². The van der Waals surface area contributed by atoms with Gasteiger partial charge in [0.25, 0.3) is 0 Å². The van der Waals surface area contributed by atoms with E-state index in [1.165, 1.54) is 7.11 Å². The van der Waals surface area contributed by atoms with Crippen LogP contribution in [0.1, 0.15) is 26.5 Å². The predicted molar refractivity (Wildman–Crippen MR) is 79.4 cm³/mol. The normalized spacial score (nSPS) is 11.4. The van der Waals surface area contributed by atoms with Gasteiger partial charge in [0.2, 0.25) is 0 Å². The average Bonchev–Trinajstić information content (AvgIpc) is 2.37. The molecule has 2 rings (SSSR count). The summed E-state index contributed by atoms with van der Waals surface area (Å²) in [6.45, 7) is 6.17. The Morgan fingerprint density at radius 2 is 1.85 bits per heavy atom. The van der Waals surface area contributed by atoms with Crippen molar-refractivity contribution in [3.8, 4) is 22.9 Å². The number of rotatable bonds is 2. The summed E-state index contributed by atoms with van der Waals surface area (Å²) in [7, 11) is 1.50. The molecule has 106 valence electrons. The molecule has 1 heterocycles. The number of aromatic nitrogens is 2. The van der Waals surface area contributed by atoms with Crippen molar-refractivity contribution in [2.24, 2.45) is 0 Å². The summed E-state index contributed by atoms with van der Waals surface area (Å²) >= 11 is 6.07. The summed E-state index contributed by atoms with van der Waals surface area (Å²) in [4.78, 5) is 8.74. The maximum atomic E-state index is 9.84. The Morgan fingerprint density at radius 3 is 2.40 bits per heavy atom. The zero-order chi connectivity index (χ0) is 14.9. The molecule has 20 heavy (non-hydrogen) atoms. The summed E-state index contributed by atoms with van der Waals surface area (Å²) in [5, 5.41) is 10.2. The first kappa shape index (κ1) is 14.6. The van der Waals surface area contributed by atoms with E-state index in [2.05, 4.69) is 30.7 Å². The molecule has 0 spiro atoms. The van der Waals surface area contributed by atoms with E-state index in [0.29, 0.717) is 22.3 Å². The van der Waals surface area contributed by atoms with E-state index >= 15 is 0 Å². The first-order valence-electron chi connectivity index (χ1n) is 6.23. The lowest BCUT2D eigenvalue weighted by molar-refractivity contribution is 0.373. The van der Waals surface area contributed by atoms with Crippen LogP contribution in [0.25, 0.3) is 11.4 Å². The molecule has 0 fully saturated rings. The second-order valence-electron chi connectivity index (χ2n) is 5.54. The van der Waals surface area contributed by atoms with Crippen molar-refractivity contribution in [1.29, 1.82) is 0 Å². The number of phenols is 1. The molecule has 0 aliphatic carbocycles. The van der Waals surface area contributed by atoms with Crippen LogP contribution in [0.4, 0.5) is 0 Å². The number of nitrogens with zero attached hydrogens (tertiary/aromatic N) is 2. The number of halogens is 1. The summed E-state index contributed by atoms with van der Waals surface area (Å²) in [5.74, 6) is 0.943. The molecule has 0 amide bonds. The minimum absolute atomic E-state index is 0.0471. The largest absolute Gasteiger partial charge is 0.504 e. The second-order valence-corrected chi connectivity index (χ2v) is 5.92. The number of aromatic hydroxyl groups is 1. The summed E-state index contributed by atoms with van der Waals surface area (Å²) in [5.41, 5.74) is 1.41. The van der Waals surface area contributed by atoms with Gasteiger partial charge in [0.05, 0.1) is 12.8 Å². The summed E-state index contributed by atoms with van der Waals surface area (Å²) in [6.07, 6.45) is 0. The minimum atomic E-state index is -0.129. The zero-order valence-corrected chi connectivity index (χ0v) is 12.7. The van der Waals surface area contributed by atoms with Crippen molar-refractivity contribution in [3.05, 3.63) is 35.1 Å². The standard InChI is InChI=1S/C15H17ClN2O2/c1-15(2,3)12-8-13(16)18-14(17-12)9-5-6-11(20-4)10(19)7-9/h5-8,19H,1-4H3. The van der Waals surface area contributed by atoms with Crippen molar-refractivity contribution >= 4 is 11.6 Å². The van der Waals surface area contributed by atoms with Gasteiger partial charge in [-0.25, -0.2) is 9.97 Å². The molecule has 5 heteroatoms. The molecule has 0 radical (unpaired) electrons. The van der Waals surface area contributed by atoms with E-state index in [1.54, 1.807) is 24.3 Å². The molecule has 1 N–H and O–H groups in total. The Morgan fingerprint density at radius 1 is 1.15 bits per heavy atom. The quantitative estimate of drug-likeness (QED) is 0.855. The fourth-order valence-corrected chi connectivity index (χ4v) is 1.94. The van der Waals surface area contributed by atoms with Crippen LogP contribution in [-0.2, 0) is 5.41 Å². The lowest BCUT2D eigenvalue weighted by atomic mass is 9.92. The van der Waals surface area contributed by atoms with Gasteiger partial charge in [-0.3, -0.25) is 0 Å². The molecule has 0 bridgehead atoms. The molecule has 1 aromatic carbocycles. The second kappa shape index (κ2) is 5.29. The van der Waals surface area contributed by atoms with Crippen LogP contribution in [0.2, 0.25) is 5.15 Å². The molecule has 0 unspecified atom stereocenters. The van der Waals surface area contributed by atoms with Crippen LogP contribution >= 0.6 is 11.6 Å². The van der Waals surface area contributed by atoms with E-state index in [4.69, 9.17) is 16.3 Å². The molecule has 0 aliphatic rings. The van der Waals surface area contributed by atoms with Gasteiger partial charge in [0, 0.05) is 11.0 Å². The topological polar surface area (TPSA) is 55.2 Å². The monoisotopic (exact) mass is 292 g/mol. The maximum absolute atomic E-state index is 9.84. The van der Waals surface area contributed by atoms with Gasteiger partial charge in [-0.2, -0.15) is 0 Å². The lowest BCUT2D eigenvalue weighted by Crippen LogP contribution is -2.14. The molecule has 0 aliphatic heterocycles. The highest BCUT2D eigenvalue weighted by Crippen LogP contribution is 2.31. The Bertz CT molecular complexity index is 636.